The summed E-state index contributed by atoms with van der Waals surface area (Å²) in [5.74, 6) is 0.777. The monoisotopic (exact) mass is 427 g/mol. The van der Waals surface area contributed by atoms with Crippen molar-refractivity contribution in [2.75, 3.05) is 20.7 Å². The summed E-state index contributed by atoms with van der Waals surface area (Å²) >= 11 is 0. The number of carbonyl (C=O) groups is 1. The van der Waals surface area contributed by atoms with Crippen molar-refractivity contribution in [2.45, 2.75) is 25.9 Å². The van der Waals surface area contributed by atoms with E-state index >= 15 is 0 Å². The summed E-state index contributed by atoms with van der Waals surface area (Å²) < 4.78 is 5.39. The molecule has 0 radical (unpaired) electrons. The van der Waals surface area contributed by atoms with Crippen molar-refractivity contribution in [2.24, 2.45) is 5.10 Å². The second-order valence-corrected chi connectivity index (χ2v) is 8.25. The molecule has 3 aromatic carbocycles. The Bertz CT molecular complexity index is 1110. The zero-order valence-corrected chi connectivity index (χ0v) is 18.9. The van der Waals surface area contributed by atoms with E-state index < -0.39 is 0 Å². The summed E-state index contributed by atoms with van der Waals surface area (Å²) in [5, 5.41) is 6.49. The van der Waals surface area contributed by atoms with Gasteiger partial charge < -0.3 is 4.74 Å². The Balaban J connectivity index is 1.59. The number of likely N-dealkylation sites (N-methyl/N-ethyl adjacent to an activating group) is 1. The Morgan fingerprint density at radius 2 is 1.81 bits per heavy atom. The van der Waals surface area contributed by atoms with Crippen LogP contribution < -0.4 is 4.74 Å². The lowest BCUT2D eigenvalue weighted by atomic mass is 9.95. The van der Waals surface area contributed by atoms with Crippen LogP contribution in [-0.2, 0) is 11.3 Å². The molecule has 5 nitrogen and oxygen atoms in total. The molecule has 0 saturated carbocycles. The van der Waals surface area contributed by atoms with Crippen LogP contribution in [0.1, 0.15) is 34.7 Å². The van der Waals surface area contributed by atoms with Crippen LogP contribution in [0.25, 0.3) is 0 Å². The Hall–Kier alpha value is -3.44. The van der Waals surface area contributed by atoms with Gasteiger partial charge in [0.25, 0.3) is 5.91 Å². The number of hydrazone groups is 1. The van der Waals surface area contributed by atoms with Crippen LogP contribution in [0.2, 0.25) is 0 Å². The van der Waals surface area contributed by atoms with E-state index in [-0.39, 0.29) is 11.9 Å². The van der Waals surface area contributed by atoms with Gasteiger partial charge >= 0.3 is 0 Å². The number of ether oxygens (including phenoxy) is 1. The molecule has 4 rings (SSSR count). The van der Waals surface area contributed by atoms with E-state index in [1.807, 2.05) is 66.5 Å². The Kier molecular flexibility index (Phi) is 6.66. The van der Waals surface area contributed by atoms with E-state index in [1.54, 1.807) is 12.1 Å². The van der Waals surface area contributed by atoms with Gasteiger partial charge in [-0.3, -0.25) is 9.69 Å². The molecule has 0 spiro atoms. The second kappa shape index (κ2) is 9.79. The van der Waals surface area contributed by atoms with Crippen molar-refractivity contribution >= 4 is 11.6 Å². The number of aryl methyl sites for hydroxylation is 1. The summed E-state index contributed by atoms with van der Waals surface area (Å²) in [6.07, 6.45) is 0.673. The number of benzene rings is 3. The van der Waals surface area contributed by atoms with E-state index in [9.17, 15) is 4.79 Å². The Labute approximate surface area is 189 Å². The summed E-state index contributed by atoms with van der Waals surface area (Å²) in [5.41, 5.74) is 5.36. The molecule has 1 heterocycles. The molecule has 164 valence electrons. The molecule has 0 aromatic heterocycles. The molecule has 1 aliphatic rings. The fourth-order valence-electron chi connectivity index (χ4n) is 4.17. The van der Waals surface area contributed by atoms with Crippen molar-refractivity contribution in [1.29, 1.82) is 0 Å². The number of rotatable bonds is 7. The maximum absolute atomic E-state index is 13.4. The SMILES string of the molecule is COc1cccc(C2=NN(C(=O)CN(C)Cc3ccccc3)[C@@H](c3ccccc3C)C2)c1. The number of amides is 1. The average Bonchev–Trinajstić information content (AvgIpc) is 3.25. The van der Waals surface area contributed by atoms with Gasteiger partial charge in [-0.15, -0.1) is 0 Å². The molecule has 1 atom stereocenters. The highest BCUT2D eigenvalue weighted by atomic mass is 16.5. The van der Waals surface area contributed by atoms with Crippen LogP contribution >= 0.6 is 0 Å². The van der Waals surface area contributed by atoms with Gasteiger partial charge in [-0.25, -0.2) is 5.01 Å². The van der Waals surface area contributed by atoms with E-state index in [2.05, 4.69) is 31.2 Å². The van der Waals surface area contributed by atoms with Gasteiger partial charge in [-0.05, 0) is 42.8 Å². The van der Waals surface area contributed by atoms with E-state index in [0.717, 1.165) is 28.2 Å². The lowest BCUT2D eigenvalue weighted by molar-refractivity contribution is -0.134. The number of hydrogen-bond acceptors (Lipinski definition) is 4. The maximum Gasteiger partial charge on any atom is 0.257 e. The van der Waals surface area contributed by atoms with E-state index in [1.165, 1.54) is 5.56 Å². The Morgan fingerprint density at radius 1 is 1.06 bits per heavy atom. The third-order valence-electron chi connectivity index (χ3n) is 5.82. The molecule has 3 aromatic rings. The largest absolute Gasteiger partial charge is 0.497 e. The third-order valence-corrected chi connectivity index (χ3v) is 5.82. The minimum Gasteiger partial charge on any atom is -0.497 e. The van der Waals surface area contributed by atoms with Gasteiger partial charge in [0.2, 0.25) is 0 Å². The van der Waals surface area contributed by atoms with Crippen molar-refractivity contribution in [3.05, 3.63) is 101 Å². The van der Waals surface area contributed by atoms with Crippen molar-refractivity contribution in [3.63, 3.8) is 0 Å². The lowest BCUT2D eigenvalue weighted by Gasteiger charge is -2.25. The first-order valence-electron chi connectivity index (χ1n) is 10.9. The van der Waals surface area contributed by atoms with Crippen LogP contribution in [0.4, 0.5) is 0 Å². The fraction of sp³-hybridized carbons (Fsp3) is 0.259. The molecule has 32 heavy (non-hydrogen) atoms. The second-order valence-electron chi connectivity index (χ2n) is 8.25. The Morgan fingerprint density at radius 3 is 2.56 bits per heavy atom. The lowest BCUT2D eigenvalue weighted by Crippen LogP contribution is -2.36. The first-order valence-corrected chi connectivity index (χ1v) is 10.9. The normalized spacial score (nSPS) is 15.7. The smallest absolute Gasteiger partial charge is 0.257 e. The maximum atomic E-state index is 13.4. The van der Waals surface area contributed by atoms with Gasteiger partial charge in [0.1, 0.15) is 5.75 Å². The van der Waals surface area contributed by atoms with Crippen molar-refractivity contribution < 1.29 is 9.53 Å². The molecule has 0 N–H and O–H groups in total. The summed E-state index contributed by atoms with van der Waals surface area (Å²) in [6, 6.07) is 26.2. The molecule has 0 saturated heterocycles. The topological polar surface area (TPSA) is 45.1 Å². The molecule has 0 unspecified atom stereocenters. The molecule has 0 fully saturated rings. The molecule has 1 aliphatic heterocycles. The fourth-order valence-corrected chi connectivity index (χ4v) is 4.17. The minimum atomic E-state index is -0.116. The van der Waals surface area contributed by atoms with E-state index in [4.69, 9.17) is 9.84 Å². The zero-order valence-electron chi connectivity index (χ0n) is 18.9. The summed E-state index contributed by atoms with van der Waals surface area (Å²) in [4.78, 5) is 15.4. The first-order chi connectivity index (χ1) is 15.5. The van der Waals surface area contributed by atoms with Gasteiger partial charge in [0, 0.05) is 18.5 Å². The molecule has 1 amide bonds. The third kappa shape index (κ3) is 4.89. The molecule has 5 heteroatoms. The average molecular weight is 428 g/mol. The standard InChI is InChI=1S/C27H29N3O2/c1-20-10-7-8-15-24(20)26-17-25(22-13-9-14-23(16-22)32-3)28-30(26)27(31)19-29(2)18-21-11-5-4-6-12-21/h4-16,26H,17-19H2,1-3H3/t26-/m1/s1. The van der Waals surface area contributed by atoms with E-state index in [0.29, 0.717) is 19.5 Å². The summed E-state index contributed by atoms with van der Waals surface area (Å²) in [6.45, 7) is 3.09. The van der Waals surface area contributed by atoms with Crippen molar-refractivity contribution in [3.8, 4) is 5.75 Å². The van der Waals surface area contributed by atoms with Crippen LogP contribution in [0.3, 0.4) is 0 Å². The number of carbonyl (C=O) groups excluding carboxylic acids is 1. The molecular formula is C27H29N3O2. The molecule has 0 bridgehead atoms. The minimum absolute atomic E-state index is 0.00502. The molecular weight excluding hydrogens is 398 g/mol. The number of hydrogen-bond donors (Lipinski definition) is 0. The van der Waals surface area contributed by atoms with Gasteiger partial charge in [-0.1, -0.05) is 66.7 Å². The van der Waals surface area contributed by atoms with Crippen molar-refractivity contribution in [1.82, 2.24) is 9.91 Å². The van der Waals surface area contributed by atoms with Gasteiger partial charge in [0.15, 0.2) is 0 Å². The highest BCUT2D eigenvalue weighted by Crippen LogP contribution is 2.35. The highest BCUT2D eigenvalue weighted by molar-refractivity contribution is 6.03. The van der Waals surface area contributed by atoms with Crippen LogP contribution in [0.5, 0.6) is 5.75 Å². The highest BCUT2D eigenvalue weighted by Gasteiger charge is 2.34. The zero-order chi connectivity index (χ0) is 22.5. The quantitative estimate of drug-likeness (QED) is 0.543. The number of nitrogens with zero attached hydrogens (tertiary/aromatic N) is 3. The van der Waals surface area contributed by atoms with Gasteiger partial charge in [-0.2, -0.15) is 5.10 Å². The van der Waals surface area contributed by atoms with Crippen LogP contribution in [0.15, 0.2) is 84.0 Å². The van der Waals surface area contributed by atoms with Crippen LogP contribution in [0, 0.1) is 6.92 Å². The van der Waals surface area contributed by atoms with Crippen LogP contribution in [-0.4, -0.2) is 42.2 Å². The molecule has 0 aliphatic carbocycles. The predicted molar refractivity (Wildman–Crippen MR) is 128 cm³/mol. The number of methoxy groups -OCH3 is 1. The summed E-state index contributed by atoms with van der Waals surface area (Å²) in [7, 11) is 3.63. The predicted octanol–water partition coefficient (Wildman–Crippen LogP) is 4.81. The van der Waals surface area contributed by atoms with Gasteiger partial charge in [0.05, 0.1) is 25.4 Å². The first kappa shape index (κ1) is 21.8.